The van der Waals surface area contributed by atoms with E-state index in [0.29, 0.717) is 43.8 Å². The van der Waals surface area contributed by atoms with Crippen molar-refractivity contribution in [1.82, 2.24) is 14.8 Å². The van der Waals surface area contributed by atoms with Gasteiger partial charge >= 0.3 is 5.97 Å². The topological polar surface area (TPSA) is 86.1 Å². The zero-order valence-electron chi connectivity index (χ0n) is 16.5. The number of hydrogen-bond acceptors (Lipinski definition) is 6. The van der Waals surface area contributed by atoms with E-state index in [-0.39, 0.29) is 17.2 Å². The minimum Gasteiger partial charge on any atom is -0.465 e. The van der Waals surface area contributed by atoms with E-state index in [2.05, 4.69) is 20.3 Å². The molecule has 1 N–H and O–H groups in total. The maximum absolute atomic E-state index is 12.5. The number of esters is 1. The van der Waals surface area contributed by atoms with Crippen LogP contribution in [0.5, 0.6) is 0 Å². The van der Waals surface area contributed by atoms with Crippen molar-refractivity contribution in [2.75, 3.05) is 18.2 Å². The molecular formula is C20H17Cl3N4O3S. The van der Waals surface area contributed by atoms with Crippen LogP contribution in [-0.4, -0.2) is 39.5 Å². The van der Waals surface area contributed by atoms with Gasteiger partial charge in [-0.05, 0) is 43.3 Å². The van der Waals surface area contributed by atoms with E-state index in [4.69, 9.17) is 34.8 Å². The monoisotopic (exact) mass is 498 g/mol. The maximum atomic E-state index is 12.5. The number of methoxy groups -OCH3 is 1. The molecule has 3 aromatic rings. The molecule has 0 radical (unpaired) electrons. The standard InChI is InChI=1S/C20H17Cl3N4O3S/c1-3-27-18(13-6-5-12(21)9-15(13)23)25-26-20(27)31-10-17(28)24-16-8-11(19(29)30-2)4-7-14(16)22/h4-9H,3,10H2,1-2H3,(H,24,28). The largest absolute Gasteiger partial charge is 0.465 e. The maximum Gasteiger partial charge on any atom is 0.337 e. The van der Waals surface area contributed by atoms with E-state index in [0.717, 1.165) is 0 Å². The number of carbonyl (C=O) groups excluding carboxylic acids is 2. The summed E-state index contributed by atoms with van der Waals surface area (Å²) in [5.74, 6) is -0.192. The van der Waals surface area contributed by atoms with E-state index in [1.54, 1.807) is 18.2 Å². The van der Waals surface area contributed by atoms with Crippen LogP contribution in [0.3, 0.4) is 0 Å². The number of carbonyl (C=O) groups is 2. The second kappa shape index (κ2) is 10.4. The van der Waals surface area contributed by atoms with Crippen LogP contribution < -0.4 is 5.32 Å². The summed E-state index contributed by atoms with van der Waals surface area (Å²) < 4.78 is 6.55. The lowest BCUT2D eigenvalue weighted by atomic mass is 10.2. The van der Waals surface area contributed by atoms with Gasteiger partial charge < -0.3 is 14.6 Å². The molecule has 0 saturated heterocycles. The number of benzene rings is 2. The first-order valence-electron chi connectivity index (χ1n) is 9.03. The number of rotatable bonds is 7. The molecule has 0 atom stereocenters. The molecular weight excluding hydrogens is 483 g/mol. The molecule has 3 rings (SSSR count). The molecule has 11 heteroatoms. The first-order chi connectivity index (χ1) is 14.8. The highest BCUT2D eigenvalue weighted by molar-refractivity contribution is 7.99. The van der Waals surface area contributed by atoms with Gasteiger partial charge in [0.1, 0.15) is 0 Å². The first-order valence-corrected chi connectivity index (χ1v) is 11.1. The Balaban J connectivity index is 1.73. The third-order valence-electron chi connectivity index (χ3n) is 4.20. The van der Waals surface area contributed by atoms with Gasteiger partial charge in [-0.25, -0.2) is 4.79 Å². The predicted octanol–water partition coefficient (Wildman–Crippen LogP) is 5.44. The van der Waals surface area contributed by atoms with Gasteiger partial charge in [0.2, 0.25) is 5.91 Å². The van der Waals surface area contributed by atoms with Crippen LogP contribution in [0.4, 0.5) is 5.69 Å². The quantitative estimate of drug-likeness (QED) is 0.344. The molecule has 1 aromatic heterocycles. The van der Waals surface area contributed by atoms with Crippen molar-refractivity contribution >= 4 is 64.1 Å². The summed E-state index contributed by atoms with van der Waals surface area (Å²) in [6.07, 6.45) is 0. The molecule has 0 fully saturated rings. The van der Waals surface area contributed by atoms with Crippen molar-refractivity contribution < 1.29 is 14.3 Å². The molecule has 0 aliphatic carbocycles. The minimum absolute atomic E-state index is 0.0608. The Bertz CT molecular complexity index is 1140. The van der Waals surface area contributed by atoms with Crippen LogP contribution in [0.15, 0.2) is 41.6 Å². The van der Waals surface area contributed by atoms with Crippen LogP contribution in [0.1, 0.15) is 17.3 Å². The fraction of sp³-hybridized carbons (Fsp3) is 0.200. The number of nitrogens with zero attached hydrogens (tertiary/aromatic N) is 3. The molecule has 0 spiro atoms. The van der Waals surface area contributed by atoms with Gasteiger partial charge in [0.05, 0.1) is 34.2 Å². The Hall–Kier alpha value is -2.26. The fourth-order valence-corrected chi connectivity index (χ4v) is 4.19. The van der Waals surface area contributed by atoms with Crippen LogP contribution in [0, 0.1) is 0 Å². The lowest BCUT2D eigenvalue weighted by molar-refractivity contribution is -0.113. The number of halogens is 3. The van der Waals surface area contributed by atoms with Crippen molar-refractivity contribution in [2.45, 2.75) is 18.6 Å². The van der Waals surface area contributed by atoms with Crippen LogP contribution in [0.2, 0.25) is 15.1 Å². The summed E-state index contributed by atoms with van der Waals surface area (Å²) in [6, 6.07) is 9.64. The molecule has 31 heavy (non-hydrogen) atoms. The Morgan fingerprint density at radius 1 is 1.10 bits per heavy atom. The molecule has 0 aliphatic rings. The number of aromatic nitrogens is 3. The average molecular weight is 500 g/mol. The van der Waals surface area contributed by atoms with Crippen LogP contribution >= 0.6 is 46.6 Å². The summed E-state index contributed by atoms with van der Waals surface area (Å²) in [6.45, 7) is 2.52. The molecule has 7 nitrogen and oxygen atoms in total. The van der Waals surface area contributed by atoms with Crippen LogP contribution in [0.25, 0.3) is 11.4 Å². The van der Waals surface area contributed by atoms with Crippen molar-refractivity contribution in [2.24, 2.45) is 0 Å². The number of nitrogens with one attached hydrogen (secondary N) is 1. The van der Waals surface area contributed by atoms with Gasteiger partial charge in [-0.1, -0.05) is 46.6 Å². The molecule has 0 saturated carbocycles. The lowest BCUT2D eigenvalue weighted by Crippen LogP contribution is -2.15. The number of ether oxygens (including phenoxy) is 1. The second-order valence-electron chi connectivity index (χ2n) is 6.20. The van der Waals surface area contributed by atoms with Crippen LogP contribution in [-0.2, 0) is 16.1 Å². The summed E-state index contributed by atoms with van der Waals surface area (Å²) >= 11 is 19.6. The van der Waals surface area contributed by atoms with Crippen molar-refractivity contribution in [3.05, 3.63) is 57.0 Å². The Labute approximate surface area is 198 Å². The Morgan fingerprint density at radius 2 is 1.87 bits per heavy atom. The van der Waals surface area contributed by atoms with Gasteiger partial charge in [-0.3, -0.25) is 4.79 Å². The summed E-state index contributed by atoms with van der Waals surface area (Å²) in [5, 5.41) is 13.0. The molecule has 1 amide bonds. The fourth-order valence-electron chi connectivity index (χ4n) is 2.73. The SMILES string of the molecule is CCn1c(SCC(=O)Nc2cc(C(=O)OC)ccc2Cl)nnc1-c1ccc(Cl)cc1Cl. The molecule has 0 aliphatic heterocycles. The van der Waals surface area contributed by atoms with E-state index in [1.165, 1.54) is 37.1 Å². The van der Waals surface area contributed by atoms with E-state index >= 15 is 0 Å². The van der Waals surface area contributed by atoms with E-state index in [1.807, 2.05) is 11.5 Å². The third-order valence-corrected chi connectivity index (χ3v) is 6.04. The smallest absolute Gasteiger partial charge is 0.337 e. The molecule has 2 aromatic carbocycles. The highest BCUT2D eigenvalue weighted by atomic mass is 35.5. The minimum atomic E-state index is -0.522. The predicted molar refractivity (Wildman–Crippen MR) is 123 cm³/mol. The molecule has 0 bridgehead atoms. The van der Waals surface area contributed by atoms with E-state index in [9.17, 15) is 9.59 Å². The zero-order chi connectivity index (χ0) is 22.5. The van der Waals surface area contributed by atoms with Gasteiger partial charge in [-0.15, -0.1) is 10.2 Å². The number of thioether (sulfide) groups is 1. The normalized spacial score (nSPS) is 10.7. The second-order valence-corrected chi connectivity index (χ2v) is 8.39. The first kappa shape index (κ1) is 23.4. The van der Waals surface area contributed by atoms with Gasteiger partial charge in [-0.2, -0.15) is 0 Å². The summed E-state index contributed by atoms with van der Waals surface area (Å²) in [7, 11) is 1.28. The third kappa shape index (κ3) is 5.51. The molecule has 162 valence electrons. The van der Waals surface area contributed by atoms with Crippen molar-refractivity contribution in [1.29, 1.82) is 0 Å². The van der Waals surface area contributed by atoms with Gasteiger partial charge in [0, 0.05) is 17.1 Å². The van der Waals surface area contributed by atoms with Crippen molar-refractivity contribution in [3.63, 3.8) is 0 Å². The lowest BCUT2D eigenvalue weighted by Gasteiger charge is -2.10. The summed E-state index contributed by atoms with van der Waals surface area (Å²) in [4.78, 5) is 24.1. The molecule has 1 heterocycles. The number of anilines is 1. The number of amides is 1. The van der Waals surface area contributed by atoms with Gasteiger partial charge in [0.25, 0.3) is 0 Å². The Kier molecular flexibility index (Phi) is 7.83. The molecule has 0 unspecified atom stereocenters. The Morgan fingerprint density at radius 3 is 2.55 bits per heavy atom. The van der Waals surface area contributed by atoms with Gasteiger partial charge in [0.15, 0.2) is 11.0 Å². The zero-order valence-corrected chi connectivity index (χ0v) is 19.6. The van der Waals surface area contributed by atoms with Crippen molar-refractivity contribution in [3.8, 4) is 11.4 Å². The highest BCUT2D eigenvalue weighted by Gasteiger charge is 2.17. The highest BCUT2D eigenvalue weighted by Crippen LogP contribution is 2.31. The van der Waals surface area contributed by atoms with E-state index < -0.39 is 5.97 Å². The average Bonchev–Trinajstić information content (AvgIpc) is 3.15. The summed E-state index contributed by atoms with van der Waals surface area (Å²) in [5.41, 5.74) is 1.30. The number of hydrogen-bond donors (Lipinski definition) is 1.